The summed E-state index contributed by atoms with van der Waals surface area (Å²) in [7, 11) is 4.31. The van der Waals surface area contributed by atoms with Crippen LogP contribution in [0.15, 0.2) is 36.8 Å². The minimum atomic E-state index is -0.985. The van der Waals surface area contributed by atoms with Crippen LogP contribution >= 0.6 is 0 Å². The van der Waals surface area contributed by atoms with Crippen molar-refractivity contribution in [2.75, 3.05) is 32.3 Å². The van der Waals surface area contributed by atoms with E-state index in [1.807, 2.05) is 13.8 Å². The van der Waals surface area contributed by atoms with E-state index in [0.717, 1.165) is 11.6 Å². The Labute approximate surface area is 212 Å². The van der Waals surface area contributed by atoms with Crippen molar-refractivity contribution >= 4 is 22.7 Å². The topological polar surface area (TPSA) is 108 Å². The summed E-state index contributed by atoms with van der Waals surface area (Å²) in [5.74, 6) is -2.33. The molecule has 0 bridgehead atoms. The summed E-state index contributed by atoms with van der Waals surface area (Å²) in [5, 5.41) is 14.4. The van der Waals surface area contributed by atoms with Gasteiger partial charge in [-0.1, -0.05) is 0 Å². The van der Waals surface area contributed by atoms with Gasteiger partial charge in [-0.05, 0) is 26.0 Å². The van der Waals surface area contributed by atoms with Gasteiger partial charge in [-0.15, -0.1) is 0 Å². The predicted octanol–water partition coefficient (Wildman–Crippen LogP) is 3.64. The van der Waals surface area contributed by atoms with Gasteiger partial charge in [-0.3, -0.25) is 9.67 Å². The van der Waals surface area contributed by atoms with Crippen molar-refractivity contribution in [3.8, 4) is 22.8 Å². The number of halogens is 2. The number of fused-ring (bicyclic) bond motifs is 1. The maximum atomic E-state index is 15.6. The average Bonchev–Trinajstić information content (AvgIpc) is 3.33. The number of aliphatic hydroxyl groups excluding tert-OH is 1. The summed E-state index contributed by atoms with van der Waals surface area (Å²) in [5.41, 5.74) is 1.46. The van der Waals surface area contributed by atoms with Gasteiger partial charge in [0, 0.05) is 24.9 Å². The van der Waals surface area contributed by atoms with E-state index in [0.29, 0.717) is 11.2 Å². The van der Waals surface area contributed by atoms with Crippen molar-refractivity contribution in [1.82, 2.24) is 24.7 Å². The first-order chi connectivity index (χ1) is 17.8. The zero-order valence-corrected chi connectivity index (χ0v) is 21.1. The monoisotopic (exact) mass is 514 g/mol. The number of hydrogen-bond donors (Lipinski definition) is 1. The lowest BCUT2D eigenvalue weighted by Gasteiger charge is -2.33. The van der Waals surface area contributed by atoms with Gasteiger partial charge >= 0.3 is 0 Å². The number of aryl methyl sites for hydroxylation is 1. The molecule has 0 fully saturated rings. The van der Waals surface area contributed by atoms with Crippen molar-refractivity contribution in [3.63, 3.8) is 0 Å². The summed E-state index contributed by atoms with van der Waals surface area (Å²) in [6.45, 7) is 3.09. The van der Waals surface area contributed by atoms with E-state index >= 15 is 8.78 Å². The molecule has 4 aromatic rings. The second-order valence-electron chi connectivity index (χ2n) is 8.52. The first-order valence-electron chi connectivity index (χ1n) is 11.5. The number of methoxy groups -OCH3 is 2. The largest absolute Gasteiger partial charge is 0.493 e. The molecule has 3 heterocycles. The Balaban J connectivity index is 1.92. The molecule has 0 aliphatic carbocycles. The minimum Gasteiger partial charge on any atom is -0.493 e. The predicted molar refractivity (Wildman–Crippen MR) is 133 cm³/mol. The standard InChI is InChI=1S/C25H28F2N6O4/c1-14(2)37-13-16(12-34)33(24-22(26)19(35-4)8-20(36-5)23(24)27)21-7-6-17-25(31-21)30-18(10-28-17)15-9-29-32(3)11-15/h6-11,14,16,34H,12-13H2,1-5H3. The van der Waals surface area contributed by atoms with Crippen molar-refractivity contribution in [3.05, 3.63) is 48.4 Å². The molecule has 10 nitrogen and oxygen atoms in total. The third-order valence-electron chi connectivity index (χ3n) is 5.63. The fraction of sp³-hybridized carbons (Fsp3) is 0.360. The zero-order chi connectivity index (χ0) is 26.7. The van der Waals surface area contributed by atoms with Crippen LogP contribution in [-0.4, -0.2) is 69.4 Å². The van der Waals surface area contributed by atoms with Crippen LogP contribution in [0.25, 0.3) is 22.4 Å². The van der Waals surface area contributed by atoms with E-state index in [-0.39, 0.29) is 35.7 Å². The Bertz CT molecular complexity index is 1370. The fourth-order valence-electron chi connectivity index (χ4n) is 3.80. The van der Waals surface area contributed by atoms with E-state index in [9.17, 15) is 5.11 Å². The normalized spacial score (nSPS) is 12.2. The number of ether oxygens (including phenoxy) is 3. The SMILES string of the molecule is COc1cc(OC)c(F)c(N(c2ccc3ncc(-c4cnn(C)c4)nc3n2)C(CO)COC(C)C)c1F. The van der Waals surface area contributed by atoms with E-state index < -0.39 is 30.0 Å². The first kappa shape index (κ1) is 26.2. The van der Waals surface area contributed by atoms with Crippen LogP contribution in [0.3, 0.4) is 0 Å². The van der Waals surface area contributed by atoms with Gasteiger partial charge in [0.1, 0.15) is 17.0 Å². The molecule has 3 aromatic heterocycles. The summed E-state index contributed by atoms with van der Waals surface area (Å²) < 4.78 is 48.9. The summed E-state index contributed by atoms with van der Waals surface area (Å²) in [4.78, 5) is 14.8. The Morgan fingerprint density at radius 2 is 1.76 bits per heavy atom. The van der Waals surface area contributed by atoms with Crippen LogP contribution in [0.2, 0.25) is 0 Å². The van der Waals surface area contributed by atoms with Gasteiger partial charge in [0.25, 0.3) is 0 Å². The molecule has 0 spiro atoms. The molecule has 0 amide bonds. The number of pyridine rings is 1. The maximum absolute atomic E-state index is 15.6. The molecular formula is C25H28F2N6O4. The van der Waals surface area contributed by atoms with Gasteiger partial charge in [0.2, 0.25) is 0 Å². The van der Waals surface area contributed by atoms with Crippen molar-refractivity contribution in [1.29, 1.82) is 0 Å². The summed E-state index contributed by atoms with van der Waals surface area (Å²) >= 11 is 0. The van der Waals surface area contributed by atoms with Crippen LogP contribution in [-0.2, 0) is 11.8 Å². The van der Waals surface area contributed by atoms with E-state index in [1.54, 1.807) is 42.5 Å². The number of hydrogen-bond acceptors (Lipinski definition) is 9. The molecule has 0 aliphatic heterocycles. The van der Waals surface area contributed by atoms with E-state index in [2.05, 4.69) is 20.1 Å². The Hall–Kier alpha value is -3.90. The molecule has 0 radical (unpaired) electrons. The molecule has 1 N–H and O–H groups in total. The fourth-order valence-corrected chi connectivity index (χ4v) is 3.80. The van der Waals surface area contributed by atoms with Crippen molar-refractivity contribution in [2.45, 2.75) is 26.0 Å². The second kappa shape index (κ2) is 11.0. The highest BCUT2D eigenvalue weighted by Crippen LogP contribution is 2.41. The molecule has 0 saturated carbocycles. The number of benzene rings is 1. The quantitative estimate of drug-likeness (QED) is 0.339. The number of aromatic nitrogens is 5. The smallest absolute Gasteiger partial charge is 0.191 e. The van der Waals surface area contributed by atoms with Crippen molar-refractivity contribution < 1.29 is 28.1 Å². The minimum absolute atomic E-state index is 0.0479. The Morgan fingerprint density at radius 3 is 2.32 bits per heavy atom. The highest BCUT2D eigenvalue weighted by molar-refractivity contribution is 5.77. The van der Waals surface area contributed by atoms with Gasteiger partial charge in [-0.2, -0.15) is 5.10 Å². The van der Waals surface area contributed by atoms with Gasteiger partial charge in [0.15, 0.2) is 28.8 Å². The Kier molecular flexibility index (Phi) is 7.79. The number of nitrogens with zero attached hydrogens (tertiary/aromatic N) is 6. The molecule has 12 heteroatoms. The number of anilines is 2. The maximum Gasteiger partial charge on any atom is 0.191 e. The molecule has 1 unspecified atom stereocenters. The molecular weight excluding hydrogens is 486 g/mol. The Morgan fingerprint density at radius 1 is 1.05 bits per heavy atom. The van der Waals surface area contributed by atoms with E-state index in [4.69, 9.17) is 14.2 Å². The summed E-state index contributed by atoms with van der Waals surface area (Å²) in [6.07, 6.45) is 4.83. The zero-order valence-electron chi connectivity index (χ0n) is 21.1. The molecule has 0 saturated heterocycles. The number of rotatable bonds is 10. The van der Waals surface area contributed by atoms with Crippen LogP contribution in [0.5, 0.6) is 11.5 Å². The third kappa shape index (κ3) is 5.30. The number of aliphatic hydroxyl groups is 1. The molecule has 4 rings (SSSR count). The first-order valence-corrected chi connectivity index (χ1v) is 11.5. The lowest BCUT2D eigenvalue weighted by molar-refractivity contribution is 0.0559. The summed E-state index contributed by atoms with van der Waals surface area (Å²) in [6, 6.07) is 3.38. The van der Waals surface area contributed by atoms with Crippen LogP contribution in [0.4, 0.5) is 20.3 Å². The second-order valence-corrected chi connectivity index (χ2v) is 8.52. The lowest BCUT2D eigenvalue weighted by atomic mass is 10.1. The van der Waals surface area contributed by atoms with Gasteiger partial charge in [-0.25, -0.2) is 18.7 Å². The van der Waals surface area contributed by atoms with Gasteiger partial charge < -0.3 is 24.2 Å². The molecule has 1 atom stereocenters. The highest BCUT2D eigenvalue weighted by atomic mass is 19.1. The molecule has 196 valence electrons. The van der Waals surface area contributed by atoms with E-state index in [1.165, 1.54) is 19.1 Å². The molecule has 1 aromatic carbocycles. The molecule has 37 heavy (non-hydrogen) atoms. The highest BCUT2D eigenvalue weighted by Gasteiger charge is 2.32. The van der Waals surface area contributed by atoms with Crippen LogP contribution in [0.1, 0.15) is 13.8 Å². The van der Waals surface area contributed by atoms with Crippen molar-refractivity contribution in [2.24, 2.45) is 7.05 Å². The third-order valence-corrected chi connectivity index (χ3v) is 5.63. The van der Waals surface area contributed by atoms with Crippen LogP contribution in [0, 0.1) is 11.6 Å². The average molecular weight is 515 g/mol. The van der Waals surface area contributed by atoms with Crippen LogP contribution < -0.4 is 14.4 Å². The molecule has 0 aliphatic rings. The lowest BCUT2D eigenvalue weighted by Crippen LogP contribution is -2.40. The van der Waals surface area contributed by atoms with Gasteiger partial charge in [0.05, 0.1) is 57.7 Å².